The molecule has 3 heterocycles. The number of carbonyl (C=O) groups excluding carboxylic acids is 1. The predicted molar refractivity (Wildman–Crippen MR) is 87.7 cm³/mol. The minimum Gasteiger partial charge on any atom is -0.366 e. The quantitative estimate of drug-likeness (QED) is 0.920. The van der Waals surface area contributed by atoms with Gasteiger partial charge in [-0.1, -0.05) is 13.8 Å². The number of ether oxygens (including phenoxy) is 1. The molecule has 8 nitrogen and oxygen atoms in total. The fraction of sp³-hybridized carbons (Fsp3) is 0.625. The van der Waals surface area contributed by atoms with E-state index in [1.807, 2.05) is 19.9 Å². The maximum Gasteiger partial charge on any atom is 0.272 e. The van der Waals surface area contributed by atoms with Crippen molar-refractivity contribution in [3.63, 3.8) is 0 Å². The Hall–Kier alpha value is -2.22. The van der Waals surface area contributed by atoms with E-state index in [4.69, 9.17) is 4.74 Å². The maximum absolute atomic E-state index is 13.0. The number of nitrogens with zero attached hydrogens (tertiary/aromatic N) is 5. The van der Waals surface area contributed by atoms with Crippen LogP contribution in [-0.4, -0.2) is 55.5 Å². The molecule has 0 aromatic carbocycles. The van der Waals surface area contributed by atoms with E-state index in [1.165, 1.54) is 0 Å². The average Bonchev–Trinajstić information content (AvgIpc) is 3.20. The second-order valence-electron chi connectivity index (χ2n) is 6.31. The molecule has 2 aromatic heterocycles. The summed E-state index contributed by atoms with van der Waals surface area (Å²) in [5, 5.41) is 11.5. The van der Waals surface area contributed by atoms with Gasteiger partial charge in [-0.05, 0) is 25.8 Å². The third kappa shape index (κ3) is 3.19. The number of aryl methyl sites for hydroxylation is 2. The molecule has 0 radical (unpaired) electrons. The van der Waals surface area contributed by atoms with Gasteiger partial charge in [0.2, 0.25) is 0 Å². The summed E-state index contributed by atoms with van der Waals surface area (Å²) in [5.74, 6) is 1.61. The molecule has 0 aliphatic carbocycles. The van der Waals surface area contributed by atoms with Gasteiger partial charge in [0.25, 0.3) is 5.91 Å². The SMILES string of the molecule is CCn1nc(C(C)C)cc1C(=O)N1CCO[C@@H](c2n[nH]c(C)n2)C1. The number of H-pyrrole nitrogens is 1. The monoisotopic (exact) mass is 332 g/mol. The summed E-state index contributed by atoms with van der Waals surface area (Å²) in [5.41, 5.74) is 1.57. The molecule has 3 rings (SSSR count). The standard InChI is InChI=1S/C16H24N6O2/c1-5-22-13(8-12(20-22)10(2)3)16(23)21-6-7-24-14(9-21)15-17-11(4)18-19-15/h8,10,14H,5-7,9H2,1-4H3,(H,17,18,19)/t14-/m1/s1. The molecule has 130 valence electrons. The number of hydrogen-bond donors (Lipinski definition) is 1. The summed E-state index contributed by atoms with van der Waals surface area (Å²) in [6, 6.07) is 1.90. The number of aromatic nitrogens is 5. The summed E-state index contributed by atoms with van der Waals surface area (Å²) in [6.45, 7) is 10.1. The maximum atomic E-state index is 13.0. The van der Waals surface area contributed by atoms with Gasteiger partial charge in [-0.15, -0.1) is 0 Å². The average molecular weight is 332 g/mol. The molecule has 0 unspecified atom stereocenters. The van der Waals surface area contributed by atoms with Crippen LogP contribution in [0.25, 0.3) is 0 Å². The smallest absolute Gasteiger partial charge is 0.272 e. The van der Waals surface area contributed by atoms with Crippen LogP contribution in [0.4, 0.5) is 0 Å². The second kappa shape index (κ2) is 6.72. The molecule has 1 fully saturated rings. The van der Waals surface area contributed by atoms with Crippen molar-refractivity contribution >= 4 is 5.91 Å². The van der Waals surface area contributed by atoms with E-state index >= 15 is 0 Å². The Balaban J connectivity index is 1.79. The first kappa shape index (κ1) is 16.6. The first-order valence-corrected chi connectivity index (χ1v) is 8.37. The Kier molecular flexibility index (Phi) is 4.66. The zero-order chi connectivity index (χ0) is 17.3. The predicted octanol–water partition coefficient (Wildman–Crippen LogP) is 1.67. The lowest BCUT2D eigenvalue weighted by Crippen LogP contribution is -2.43. The van der Waals surface area contributed by atoms with E-state index < -0.39 is 0 Å². The van der Waals surface area contributed by atoms with Crippen molar-refractivity contribution in [1.82, 2.24) is 29.9 Å². The van der Waals surface area contributed by atoms with Gasteiger partial charge in [-0.25, -0.2) is 4.98 Å². The third-order valence-corrected chi connectivity index (χ3v) is 4.17. The van der Waals surface area contributed by atoms with E-state index in [1.54, 1.807) is 9.58 Å². The van der Waals surface area contributed by atoms with Gasteiger partial charge in [0.15, 0.2) is 5.82 Å². The second-order valence-corrected chi connectivity index (χ2v) is 6.31. The lowest BCUT2D eigenvalue weighted by molar-refractivity contribution is -0.0270. The first-order valence-electron chi connectivity index (χ1n) is 8.37. The van der Waals surface area contributed by atoms with Crippen LogP contribution >= 0.6 is 0 Å². The van der Waals surface area contributed by atoms with Gasteiger partial charge in [0, 0.05) is 13.1 Å². The van der Waals surface area contributed by atoms with E-state index in [0.29, 0.717) is 37.8 Å². The van der Waals surface area contributed by atoms with Gasteiger partial charge in [-0.3, -0.25) is 14.6 Å². The molecule has 1 aliphatic heterocycles. The molecule has 8 heteroatoms. The van der Waals surface area contributed by atoms with Gasteiger partial charge in [-0.2, -0.15) is 10.2 Å². The number of carbonyl (C=O) groups is 1. The largest absolute Gasteiger partial charge is 0.366 e. The summed E-state index contributed by atoms with van der Waals surface area (Å²) < 4.78 is 7.51. The highest BCUT2D eigenvalue weighted by atomic mass is 16.5. The number of morpholine rings is 1. The van der Waals surface area contributed by atoms with Crippen molar-refractivity contribution in [2.45, 2.75) is 46.3 Å². The van der Waals surface area contributed by atoms with Gasteiger partial charge in [0.1, 0.15) is 17.6 Å². The first-order chi connectivity index (χ1) is 11.5. The summed E-state index contributed by atoms with van der Waals surface area (Å²) in [7, 11) is 0. The molecule has 1 amide bonds. The Morgan fingerprint density at radius 2 is 2.29 bits per heavy atom. The molecule has 2 aromatic rings. The number of rotatable bonds is 4. The fourth-order valence-electron chi connectivity index (χ4n) is 2.79. The van der Waals surface area contributed by atoms with E-state index in [-0.39, 0.29) is 17.9 Å². The Morgan fingerprint density at radius 1 is 1.50 bits per heavy atom. The van der Waals surface area contributed by atoms with Crippen molar-refractivity contribution in [2.75, 3.05) is 19.7 Å². The normalized spacial score (nSPS) is 18.4. The van der Waals surface area contributed by atoms with Crippen molar-refractivity contribution in [2.24, 2.45) is 0 Å². The van der Waals surface area contributed by atoms with E-state index in [2.05, 4.69) is 34.1 Å². The summed E-state index contributed by atoms with van der Waals surface area (Å²) in [4.78, 5) is 19.1. The minimum absolute atomic E-state index is 0.0168. The van der Waals surface area contributed by atoms with Crippen molar-refractivity contribution < 1.29 is 9.53 Å². The van der Waals surface area contributed by atoms with Gasteiger partial charge in [0.05, 0.1) is 18.8 Å². The minimum atomic E-state index is -0.296. The highest BCUT2D eigenvalue weighted by Crippen LogP contribution is 2.22. The molecule has 0 bridgehead atoms. The van der Waals surface area contributed by atoms with Crippen molar-refractivity contribution in [3.8, 4) is 0 Å². The molecule has 24 heavy (non-hydrogen) atoms. The van der Waals surface area contributed by atoms with Crippen molar-refractivity contribution in [3.05, 3.63) is 29.1 Å². The lowest BCUT2D eigenvalue weighted by Gasteiger charge is -2.31. The lowest BCUT2D eigenvalue weighted by atomic mass is 10.1. The Bertz CT molecular complexity index is 720. The molecule has 0 saturated carbocycles. The molecular formula is C16H24N6O2. The van der Waals surface area contributed by atoms with E-state index in [0.717, 1.165) is 11.5 Å². The topological polar surface area (TPSA) is 88.9 Å². The van der Waals surface area contributed by atoms with Crippen LogP contribution in [0.5, 0.6) is 0 Å². The van der Waals surface area contributed by atoms with Crippen molar-refractivity contribution in [1.29, 1.82) is 0 Å². The van der Waals surface area contributed by atoms with Gasteiger partial charge < -0.3 is 9.64 Å². The van der Waals surface area contributed by atoms with Crippen LogP contribution in [0.1, 0.15) is 60.6 Å². The Labute approximate surface area is 141 Å². The number of hydrogen-bond acceptors (Lipinski definition) is 5. The van der Waals surface area contributed by atoms with Crippen LogP contribution < -0.4 is 0 Å². The molecule has 1 atom stereocenters. The van der Waals surface area contributed by atoms with Crippen LogP contribution in [-0.2, 0) is 11.3 Å². The number of aromatic amines is 1. The molecular weight excluding hydrogens is 308 g/mol. The molecule has 1 N–H and O–H groups in total. The van der Waals surface area contributed by atoms with Gasteiger partial charge >= 0.3 is 0 Å². The van der Waals surface area contributed by atoms with Crippen LogP contribution in [0.2, 0.25) is 0 Å². The zero-order valence-corrected chi connectivity index (χ0v) is 14.6. The van der Waals surface area contributed by atoms with Crippen LogP contribution in [0.3, 0.4) is 0 Å². The number of nitrogens with one attached hydrogen (secondary N) is 1. The third-order valence-electron chi connectivity index (χ3n) is 4.17. The number of amides is 1. The highest BCUT2D eigenvalue weighted by molar-refractivity contribution is 5.92. The fourth-order valence-corrected chi connectivity index (χ4v) is 2.79. The molecule has 1 saturated heterocycles. The molecule has 0 spiro atoms. The summed E-state index contributed by atoms with van der Waals surface area (Å²) >= 11 is 0. The van der Waals surface area contributed by atoms with E-state index in [9.17, 15) is 4.79 Å². The highest BCUT2D eigenvalue weighted by Gasteiger charge is 2.30. The zero-order valence-electron chi connectivity index (χ0n) is 14.6. The molecule has 1 aliphatic rings. The Morgan fingerprint density at radius 3 is 2.92 bits per heavy atom. The summed E-state index contributed by atoms with van der Waals surface area (Å²) in [6.07, 6.45) is -0.296. The van der Waals surface area contributed by atoms with Crippen LogP contribution in [0, 0.1) is 6.92 Å². The van der Waals surface area contributed by atoms with Crippen LogP contribution in [0.15, 0.2) is 6.07 Å².